The quantitative estimate of drug-likeness (QED) is 0.566. The Labute approximate surface area is 144 Å². The van der Waals surface area contributed by atoms with E-state index in [1.165, 1.54) is 18.2 Å². The zero-order valence-corrected chi connectivity index (χ0v) is 13.8. The van der Waals surface area contributed by atoms with Gasteiger partial charge < -0.3 is 14.3 Å². The molecule has 5 nitrogen and oxygen atoms in total. The van der Waals surface area contributed by atoms with Crippen LogP contribution in [0.25, 0.3) is 11.0 Å². The summed E-state index contributed by atoms with van der Waals surface area (Å²) in [6.07, 6.45) is 0.254. The van der Waals surface area contributed by atoms with Gasteiger partial charge in [0.1, 0.15) is 17.9 Å². The minimum Gasteiger partial charge on any atom is -0.508 e. The first-order valence-electron chi connectivity index (χ1n) is 7.99. The maximum atomic E-state index is 12.1. The Bertz CT molecular complexity index is 943. The minimum absolute atomic E-state index is 0.00137. The smallest absolute Gasteiger partial charge is 0.336 e. The number of phenols is 1. The molecule has 2 aromatic carbocycles. The van der Waals surface area contributed by atoms with Crippen molar-refractivity contribution in [2.24, 2.45) is 0 Å². The minimum atomic E-state index is -0.554. The molecule has 0 aliphatic rings. The first-order chi connectivity index (χ1) is 12.0. The Morgan fingerprint density at radius 1 is 1.16 bits per heavy atom. The Kier molecular flexibility index (Phi) is 4.84. The third kappa shape index (κ3) is 4.07. The average Bonchev–Trinajstić information content (AvgIpc) is 2.59. The van der Waals surface area contributed by atoms with E-state index in [4.69, 9.17) is 9.15 Å². The summed E-state index contributed by atoms with van der Waals surface area (Å²) >= 11 is 0. The van der Waals surface area contributed by atoms with E-state index in [1.54, 1.807) is 6.07 Å². The van der Waals surface area contributed by atoms with Crippen LogP contribution in [0.15, 0.2) is 63.8 Å². The molecule has 1 aromatic heterocycles. The fraction of sp³-hybridized carbons (Fsp3) is 0.200. The highest BCUT2D eigenvalue weighted by Gasteiger charge is 2.14. The zero-order valence-electron chi connectivity index (χ0n) is 13.8. The molecule has 0 saturated carbocycles. The summed E-state index contributed by atoms with van der Waals surface area (Å²) in [6, 6.07) is 15.5. The second-order valence-electron chi connectivity index (χ2n) is 5.95. The van der Waals surface area contributed by atoms with Gasteiger partial charge in [-0.1, -0.05) is 37.3 Å². The molecule has 0 radical (unpaired) electrons. The SMILES string of the molecule is C[C@H](CC(=O)OCc1cc(=O)oc2cc(O)ccc12)c1ccccc1. The number of carbonyl (C=O) groups excluding carboxylic acids is 1. The van der Waals surface area contributed by atoms with E-state index >= 15 is 0 Å². The van der Waals surface area contributed by atoms with E-state index in [2.05, 4.69) is 0 Å². The lowest BCUT2D eigenvalue weighted by molar-refractivity contribution is -0.145. The van der Waals surface area contributed by atoms with Gasteiger partial charge in [0, 0.05) is 23.1 Å². The van der Waals surface area contributed by atoms with Crippen LogP contribution in [-0.2, 0) is 16.1 Å². The molecule has 0 unspecified atom stereocenters. The Hall–Kier alpha value is -3.08. The predicted molar refractivity (Wildman–Crippen MR) is 93.4 cm³/mol. The molecule has 3 rings (SSSR count). The lowest BCUT2D eigenvalue weighted by Crippen LogP contribution is -2.10. The molecule has 25 heavy (non-hydrogen) atoms. The van der Waals surface area contributed by atoms with Crippen molar-refractivity contribution in [2.45, 2.75) is 25.9 Å². The molecule has 0 spiro atoms. The molecular formula is C20H18O5. The third-order valence-electron chi connectivity index (χ3n) is 4.04. The number of benzene rings is 2. The topological polar surface area (TPSA) is 76.7 Å². The normalized spacial score (nSPS) is 12.0. The number of rotatable bonds is 5. The molecule has 0 saturated heterocycles. The van der Waals surface area contributed by atoms with Crippen molar-refractivity contribution in [3.05, 3.63) is 76.1 Å². The molecule has 128 valence electrons. The monoisotopic (exact) mass is 338 g/mol. The third-order valence-corrected chi connectivity index (χ3v) is 4.04. The Morgan fingerprint density at radius 2 is 1.92 bits per heavy atom. The van der Waals surface area contributed by atoms with Crippen LogP contribution in [0.3, 0.4) is 0 Å². The molecule has 1 atom stereocenters. The van der Waals surface area contributed by atoms with Gasteiger partial charge in [0.25, 0.3) is 0 Å². The molecule has 3 aromatic rings. The summed E-state index contributed by atoms with van der Waals surface area (Å²) < 4.78 is 10.4. The van der Waals surface area contributed by atoms with Gasteiger partial charge in [-0.25, -0.2) is 4.79 Å². The molecule has 0 aliphatic heterocycles. The largest absolute Gasteiger partial charge is 0.508 e. The Morgan fingerprint density at radius 3 is 2.68 bits per heavy atom. The Balaban J connectivity index is 1.70. The van der Waals surface area contributed by atoms with E-state index < -0.39 is 5.63 Å². The van der Waals surface area contributed by atoms with E-state index in [1.807, 2.05) is 37.3 Å². The highest BCUT2D eigenvalue weighted by molar-refractivity contribution is 5.81. The summed E-state index contributed by atoms with van der Waals surface area (Å²) in [7, 11) is 0. The van der Waals surface area contributed by atoms with Gasteiger partial charge in [-0.05, 0) is 23.6 Å². The molecular weight excluding hydrogens is 320 g/mol. The van der Waals surface area contributed by atoms with Crippen molar-refractivity contribution in [1.29, 1.82) is 0 Å². The van der Waals surface area contributed by atoms with Gasteiger partial charge in [-0.2, -0.15) is 0 Å². The number of hydrogen-bond donors (Lipinski definition) is 1. The lowest BCUT2D eigenvalue weighted by Gasteiger charge is -2.12. The average molecular weight is 338 g/mol. The highest BCUT2D eigenvalue weighted by Crippen LogP contribution is 2.23. The fourth-order valence-electron chi connectivity index (χ4n) is 2.70. The van der Waals surface area contributed by atoms with Crippen LogP contribution in [0.2, 0.25) is 0 Å². The van der Waals surface area contributed by atoms with Crippen molar-refractivity contribution in [3.63, 3.8) is 0 Å². The van der Waals surface area contributed by atoms with Crippen LogP contribution in [0.4, 0.5) is 0 Å². The number of ether oxygens (including phenoxy) is 1. The van der Waals surface area contributed by atoms with Gasteiger partial charge in [0.05, 0.1) is 6.42 Å². The zero-order chi connectivity index (χ0) is 17.8. The summed E-state index contributed by atoms with van der Waals surface area (Å²) in [4.78, 5) is 23.7. The van der Waals surface area contributed by atoms with E-state index in [0.717, 1.165) is 5.56 Å². The predicted octanol–water partition coefficient (Wildman–Crippen LogP) is 3.74. The molecule has 0 bridgehead atoms. The van der Waals surface area contributed by atoms with Crippen molar-refractivity contribution >= 4 is 16.9 Å². The van der Waals surface area contributed by atoms with Crippen LogP contribution in [-0.4, -0.2) is 11.1 Å². The van der Waals surface area contributed by atoms with E-state index in [0.29, 0.717) is 10.9 Å². The molecule has 0 aliphatic carbocycles. The molecule has 5 heteroatoms. The maximum absolute atomic E-state index is 12.1. The number of hydrogen-bond acceptors (Lipinski definition) is 5. The van der Waals surface area contributed by atoms with Crippen molar-refractivity contribution in [1.82, 2.24) is 0 Å². The van der Waals surface area contributed by atoms with Crippen LogP contribution in [0.1, 0.15) is 30.4 Å². The van der Waals surface area contributed by atoms with Gasteiger partial charge in [-0.3, -0.25) is 4.79 Å². The number of aromatic hydroxyl groups is 1. The summed E-state index contributed by atoms with van der Waals surface area (Å²) in [5.74, 6) is -0.291. The van der Waals surface area contributed by atoms with Gasteiger partial charge >= 0.3 is 11.6 Å². The van der Waals surface area contributed by atoms with Crippen LogP contribution in [0, 0.1) is 0 Å². The number of esters is 1. The van der Waals surface area contributed by atoms with Crippen LogP contribution >= 0.6 is 0 Å². The summed E-state index contributed by atoms with van der Waals surface area (Å²) in [6.45, 7) is 1.94. The first-order valence-corrected chi connectivity index (χ1v) is 7.99. The van der Waals surface area contributed by atoms with E-state index in [9.17, 15) is 14.7 Å². The number of carbonyl (C=O) groups is 1. The number of phenolic OH excluding ortho intramolecular Hbond substituents is 1. The van der Waals surface area contributed by atoms with Crippen molar-refractivity contribution in [2.75, 3.05) is 0 Å². The van der Waals surface area contributed by atoms with Gasteiger partial charge in [0.15, 0.2) is 0 Å². The van der Waals surface area contributed by atoms with Crippen molar-refractivity contribution in [3.8, 4) is 5.75 Å². The second kappa shape index (κ2) is 7.21. The number of fused-ring (bicyclic) bond motifs is 1. The molecule has 0 fully saturated rings. The summed E-state index contributed by atoms with van der Waals surface area (Å²) in [5, 5.41) is 10.1. The fourth-order valence-corrected chi connectivity index (χ4v) is 2.70. The standard InChI is InChI=1S/C20H18O5/c1-13(14-5-3-2-4-6-14)9-19(22)24-12-15-10-20(23)25-18-11-16(21)7-8-17(15)18/h2-8,10-11,13,21H,9,12H2,1H3/t13-/m1/s1. The second-order valence-corrected chi connectivity index (χ2v) is 5.95. The lowest BCUT2D eigenvalue weighted by atomic mass is 9.98. The molecule has 0 amide bonds. The molecule has 1 heterocycles. The van der Waals surface area contributed by atoms with Crippen molar-refractivity contribution < 1.29 is 19.1 Å². The first kappa shape index (κ1) is 16.8. The summed E-state index contributed by atoms with van der Waals surface area (Å²) in [5.41, 5.74) is 1.32. The highest BCUT2D eigenvalue weighted by atomic mass is 16.5. The van der Waals surface area contributed by atoms with E-state index in [-0.39, 0.29) is 36.2 Å². The van der Waals surface area contributed by atoms with Gasteiger partial charge in [0.2, 0.25) is 0 Å². The molecule has 1 N–H and O–H groups in total. The maximum Gasteiger partial charge on any atom is 0.336 e. The van der Waals surface area contributed by atoms with Gasteiger partial charge in [-0.15, -0.1) is 0 Å². The van der Waals surface area contributed by atoms with Crippen LogP contribution < -0.4 is 5.63 Å². The van der Waals surface area contributed by atoms with Crippen LogP contribution in [0.5, 0.6) is 5.75 Å².